The Morgan fingerprint density at radius 1 is 1.19 bits per heavy atom. The molecule has 0 fully saturated rings. The van der Waals surface area contributed by atoms with E-state index in [0.29, 0.717) is 0 Å². The van der Waals surface area contributed by atoms with Crippen LogP contribution < -0.4 is 17.0 Å². The fourth-order valence-corrected chi connectivity index (χ4v) is 1.93. The largest absolute Gasteiger partial charge is 0.416 e. The van der Waals surface area contributed by atoms with Crippen molar-refractivity contribution in [1.82, 2.24) is 9.13 Å². The summed E-state index contributed by atoms with van der Waals surface area (Å²) in [5.41, 5.74) is 2.82. The molecule has 0 saturated heterocycles. The van der Waals surface area contributed by atoms with Gasteiger partial charge in [0.05, 0.1) is 12.1 Å². The molecule has 0 aliphatic heterocycles. The average Bonchev–Trinajstić information content (AvgIpc) is 2.39. The van der Waals surface area contributed by atoms with E-state index < -0.39 is 29.5 Å². The molecule has 1 aromatic carbocycles. The number of alkyl halides is 3. The number of nitrogens with zero attached hydrogens (tertiary/aromatic N) is 2. The van der Waals surface area contributed by atoms with E-state index in [1.165, 1.54) is 19.3 Å². The topological polar surface area (TPSA) is 70.0 Å². The van der Waals surface area contributed by atoms with E-state index >= 15 is 0 Å². The van der Waals surface area contributed by atoms with Gasteiger partial charge in [-0.05, 0) is 17.7 Å². The Labute approximate surface area is 117 Å². The van der Waals surface area contributed by atoms with Crippen LogP contribution in [0.5, 0.6) is 0 Å². The van der Waals surface area contributed by atoms with Crippen molar-refractivity contribution in [3.05, 3.63) is 62.4 Å². The summed E-state index contributed by atoms with van der Waals surface area (Å²) in [4.78, 5) is 23.5. The quantitative estimate of drug-likeness (QED) is 0.847. The second-order valence-electron chi connectivity index (χ2n) is 4.55. The average molecular weight is 299 g/mol. The van der Waals surface area contributed by atoms with Gasteiger partial charge in [-0.25, -0.2) is 4.79 Å². The predicted octanol–water partition coefficient (Wildman–Crippen LogP) is 1.20. The molecule has 0 radical (unpaired) electrons. The molecule has 1 heterocycles. The van der Waals surface area contributed by atoms with Gasteiger partial charge in [-0.3, -0.25) is 9.36 Å². The summed E-state index contributed by atoms with van der Waals surface area (Å²) in [6, 6.07) is 4.36. The SMILES string of the molecule is Cn1ccc(=O)n(Cc2ccc(N)cc2C(F)(F)F)c1=O. The highest BCUT2D eigenvalue weighted by Crippen LogP contribution is 2.33. The highest BCUT2D eigenvalue weighted by Gasteiger charge is 2.33. The molecule has 2 rings (SSSR count). The first kappa shape index (κ1) is 14.9. The van der Waals surface area contributed by atoms with Crippen molar-refractivity contribution in [3.63, 3.8) is 0 Å². The van der Waals surface area contributed by atoms with Crippen LogP contribution in [0.1, 0.15) is 11.1 Å². The third-order valence-corrected chi connectivity index (χ3v) is 3.01. The van der Waals surface area contributed by atoms with Crippen molar-refractivity contribution in [2.45, 2.75) is 12.7 Å². The van der Waals surface area contributed by atoms with Gasteiger partial charge >= 0.3 is 11.9 Å². The van der Waals surface area contributed by atoms with Gasteiger partial charge in [-0.2, -0.15) is 13.2 Å². The van der Waals surface area contributed by atoms with Gasteiger partial charge in [-0.1, -0.05) is 6.07 Å². The van der Waals surface area contributed by atoms with E-state index in [0.717, 1.165) is 27.3 Å². The molecule has 0 amide bonds. The molecule has 1 aromatic heterocycles. The van der Waals surface area contributed by atoms with Crippen molar-refractivity contribution in [2.75, 3.05) is 5.73 Å². The van der Waals surface area contributed by atoms with Gasteiger partial charge in [0.2, 0.25) is 0 Å². The fraction of sp³-hybridized carbons (Fsp3) is 0.231. The van der Waals surface area contributed by atoms with Gasteiger partial charge in [0.1, 0.15) is 0 Å². The molecule has 112 valence electrons. The number of aryl methyl sites for hydroxylation is 1. The zero-order valence-electron chi connectivity index (χ0n) is 11.0. The molecule has 0 unspecified atom stereocenters. The Kier molecular flexibility index (Phi) is 3.63. The molecule has 8 heteroatoms. The van der Waals surface area contributed by atoms with Crippen LogP contribution in [-0.2, 0) is 19.8 Å². The van der Waals surface area contributed by atoms with Gasteiger partial charge in [-0.15, -0.1) is 0 Å². The monoisotopic (exact) mass is 299 g/mol. The lowest BCUT2D eigenvalue weighted by molar-refractivity contribution is -0.138. The van der Waals surface area contributed by atoms with Crippen LogP contribution >= 0.6 is 0 Å². The maximum absolute atomic E-state index is 13.0. The van der Waals surface area contributed by atoms with Gasteiger partial charge in [0.15, 0.2) is 0 Å². The molecule has 0 bridgehead atoms. The highest BCUT2D eigenvalue weighted by molar-refractivity contribution is 5.46. The standard InChI is InChI=1S/C13H12F3N3O2/c1-18-5-4-11(20)19(12(18)21)7-8-2-3-9(17)6-10(8)13(14,15)16/h2-6H,7,17H2,1H3. The first-order valence-corrected chi connectivity index (χ1v) is 5.92. The molecule has 21 heavy (non-hydrogen) atoms. The number of anilines is 1. The van der Waals surface area contributed by atoms with Crippen LogP contribution in [0.4, 0.5) is 18.9 Å². The number of aromatic nitrogens is 2. The zero-order chi connectivity index (χ0) is 15.8. The van der Waals surface area contributed by atoms with Gasteiger partial charge < -0.3 is 10.3 Å². The van der Waals surface area contributed by atoms with Crippen LogP contribution in [-0.4, -0.2) is 9.13 Å². The lowest BCUT2D eigenvalue weighted by Crippen LogP contribution is -2.38. The van der Waals surface area contributed by atoms with Crippen molar-refractivity contribution in [2.24, 2.45) is 7.05 Å². The van der Waals surface area contributed by atoms with Crippen LogP contribution in [0.25, 0.3) is 0 Å². The molecule has 5 nitrogen and oxygen atoms in total. The first-order valence-electron chi connectivity index (χ1n) is 5.92. The van der Waals surface area contributed by atoms with Crippen molar-refractivity contribution >= 4 is 5.69 Å². The number of hydrogen-bond acceptors (Lipinski definition) is 3. The Morgan fingerprint density at radius 3 is 2.48 bits per heavy atom. The molecule has 0 spiro atoms. The molecule has 0 aliphatic carbocycles. The molecular weight excluding hydrogens is 287 g/mol. The van der Waals surface area contributed by atoms with Crippen molar-refractivity contribution < 1.29 is 13.2 Å². The highest BCUT2D eigenvalue weighted by atomic mass is 19.4. The van der Waals surface area contributed by atoms with E-state index in [4.69, 9.17) is 5.73 Å². The summed E-state index contributed by atoms with van der Waals surface area (Å²) < 4.78 is 40.8. The van der Waals surface area contributed by atoms with Crippen LogP contribution in [0, 0.1) is 0 Å². The minimum Gasteiger partial charge on any atom is -0.399 e. The minimum atomic E-state index is -4.62. The van der Waals surface area contributed by atoms with Crippen LogP contribution in [0.15, 0.2) is 40.1 Å². The Bertz CT molecular complexity index is 790. The molecule has 0 saturated carbocycles. The van der Waals surface area contributed by atoms with E-state index in [9.17, 15) is 22.8 Å². The van der Waals surface area contributed by atoms with Gasteiger partial charge in [0.25, 0.3) is 5.56 Å². The van der Waals surface area contributed by atoms with E-state index in [-0.39, 0.29) is 11.3 Å². The summed E-state index contributed by atoms with van der Waals surface area (Å²) in [7, 11) is 1.41. The number of rotatable bonds is 2. The van der Waals surface area contributed by atoms with Crippen molar-refractivity contribution in [3.8, 4) is 0 Å². The number of nitrogen functional groups attached to an aromatic ring is 1. The van der Waals surface area contributed by atoms with Crippen LogP contribution in [0.2, 0.25) is 0 Å². The second-order valence-corrected chi connectivity index (χ2v) is 4.55. The Morgan fingerprint density at radius 2 is 1.86 bits per heavy atom. The van der Waals surface area contributed by atoms with E-state index in [1.54, 1.807) is 0 Å². The first-order chi connectivity index (χ1) is 9.70. The number of nitrogens with two attached hydrogens (primary N) is 1. The minimum absolute atomic E-state index is 0.0422. The number of benzene rings is 1. The normalized spacial score (nSPS) is 11.6. The zero-order valence-corrected chi connectivity index (χ0v) is 11.0. The summed E-state index contributed by atoms with van der Waals surface area (Å²) in [6.45, 7) is -0.471. The van der Waals surface area contributed by atoms with Crippen LogP contribution in [0.3, 0.4) is 0 Å². The molecule has 2 aromatic rings. The molecule has 2 N–H and O–H groups in total. The molecule has 0 atom stereocenters. The third-order valence-electron chi connectivity index (χ3n) is 3.01. The summed E-state index contributed by atoms with van der Waals surface area (Å²) in [6.07, 6.45) is -3.36. The number of hydrogen-bond donors (Lipinski definition) is 1. The Balaban J connectivity index is 2.59. The lowest BCUT2D eigenvalue weighted by Gasteiger charge is -2.14. The number of halogens is 3. The van der Waals surface area contributed by atoms with Crippen molar-refractivity contribution in [1.29, 1.82) is 0 Å². The second kappa shape index (κ2) is 5.12. The molecule has 0 aliphatic rings. The maximum atomic E-state index is 13.0. The predicted molar refractivity (Wildman–Crippen MR) is 70.9 cm³/mol. The molecular formula is C13H12F3N3O2. The lowest BCUT2D eigenvalue weighted by atomic mass is 10.1. The van der Waals surface area contributed by atoms with E-state index in [1.807, 2.05) is 0 Å². The third kappa shape index (κ3) is 2.99. The summed E-state index contributed by atoms with van der Waals surface area (Å²) in [5, 5.41) is 0. The summed E-state index contributed by atoms with van der Waals surface area (Å²) in [5.74, 6) is 0. The maximum Gasteiger partial charge on any atom is 0.416 e. The summed E-state index contributed by atoms with van der Waals surface area (Å²) >= 11 is 0. The Hall–Kier alpha value is -2.51. The van der Waals surface area contributed by atoms with E-state index in [2.05, 4.69) is 0 Å². The smallest absolute Gasteiger partial charge is 0.399 e. The van der Waals surface area contributed by atoms with Gasteiger partial charge in [0, 0.05) is 25.0 Å². The fourth-order valence-electron chi connectivity index (χ4n) is 1.93.